The summed E-state index contributed by atoms with van der Waals surface area (Å²) < 4.78 is 19.5. The maximum absolute atomic E-state index is 14.2. The third-order valence-electron chi connectivity index (χ3n) is 4.18. The molecule has 0 unspecified atom stereocenters. The van der Waals surface area contributed by atoms with Crippen LogP contribution in [0.5, 0.6) is 0 Å². The van der Waals surface area contributed by atoms with E-state index in [-0.39, 0.29) is 28.2 Å². The van der Waals surface area contributed by atoms with E-state index in [0.29, 0.717) is 24.2 Å². The lowest BCUT2D eigenvalue weighted by Gasteiger charge is -2.36. The summed E-state index contributed by atoms with van der Waals surface area (Å²) >= 11 is 6.12. The van der Waals surface area contributed by atoms with E-state index in [1.54, 1.807) is 6.07 Å². The van der Waals surface area contributed by atoms with E-state index in [9.17, 15) is 14.0 Å². The Balaban J connectivity index is 2.16. The number of allylic oxidation sites excluding steroid dienone is 2. The van der Waals surface area contributed by atoms with Gasteiger partial charge in [-0.15, -0.1) is 0 Å². The van der Waals surface area contributed by atoms with Crippen LogP contribution in [0.4, 0.5) is 4.39 Å². The van der Waals surface area contributed by atoms with Crippen LogP contribution in [0.15, 0.2) is 29.5 Å². The molecule has 1 atom stereocenters. The van der Waals surface area contributed by atoms with E-state index in [0.717, 1.165) is 0 Å². The summed E-state index contributed by atoms with van der Waals surface area (Å²) in [7, 11) is 0. The fraction of sp³-hybridized carbons (Fsp3) is 0.412. The van der Waals surface area contributed by atoms with Crippen LogP contribution >= 0.6 is 11.6 Å². The zero-order chi connectivity index (χ0) is 16.1. The Labute approximate surface area is 133 Å². The zero-order valence-electron chi connectivity index (χ0n) is 12.4. The molecule has 0 amide bonds. The number of Topliss-reactive ketones (excluding diaryl/α,β-unsaturated/α-hetero) is 1. The number of esters is 1. The summed E-state index contributed by atoms with van der Waals surface area (Å²) in [5, 5.41) is 0.226. The molecule has 0 fully saturated rings. The van der Waals surface area contributed by atoms with Gasteiger partial charge in [0, 0.05) is 34.9 Å². The predicted octanol–water partition coefficient (Wildman–Crippen LogP) is 4.15. The monoisotopic (exact) mass is 322 g/mol. The Morgan fingerprint density at radius 3 is 2.68 bits per heavy atom. The molecular weight excluding hydrogens is 307 g/mol. The van der Waals surface area contributed by atoms with Crippen molar-refractivity contribution in [2.45, 2.75) is 39.0 Å². The molecule has 0 aromatic heterocycles. The minimum absolute atomic E-state index is 0.0638. The van der Waals surface area contributed by atoms with Crippen molar-refractivity contribution in [1.29, 1.82) is 0 Å². The molecule has 22 heavy (non-hydrogen) atoms. The summed E-state index contributed by atoms with van der Waals surface area (Å²) in [6, 6.07) is 4.36. The van der Waals surface area contributed by atoms with Gasteiger partial charge in [-0.2, -0.15) is 0 Å². The van der Waals surface area contributed by atoms with Gasteiger partial charge in [-0.1, -0.05) is 31.5 Å². The standard InChI is InChI=1S/C17H16ClFO3/c1-17(2)7-12(20)16-9(6-14(21)22-13(16)8-17)15-10(18)4-3-5-11(15)19/h3-5,9H,6-8H2,1-2H3/t9-/m0/s1. The van der Waals surface area contributed by atoms with Gasteiger partial charge in [0.05, 0.1) is 6.42 Å². The minimum atomic E-state index is -0.659. The Bertz CT molecular complexity index is 686. The van der Waals surface area contributed by atoms with Gasteiger partial charge in [-0.25, -0.2) is 4.39 Å². The van der Waals surface area contributed by atoms with Crippen molar-refractivity contribution in [1.82, 2.24) is 0 Å². The molecule has 1 aliphatic heterocycles. The van der Waals surface area contributed by atoms with Crippen LogP contribution in [-0.2, 0) is 14.3 Å². The molecule has 1 heterocycles. The van der Waals surface area contributed by atoms with Gasteiger partial charge in [0.25, 0.3) is 0 Å². The van der Waals surface area contributed by atoms with E-state index >= 15 is 0 Å². The largest absolute Gasteiger partial charge is 0.431 e. The molecule has 0 N–H and O–H groups in total. The second-order valence-corrected chi connectivity index (χ2v) is 7.05. The van der Waals surface area contributed by atoms with E-state index in [1.807, 2.05) is 13.8 Å². The lowest BCUT2D eigenvalue weighted by atomic mass is 9.71. The number of ether oxygens (including phenoxy) is 1. The first kappa shape index (κ1) is 15.2. The lowest BCUT2D eigenvalue weighted by molar-refractivity contribution is -0.142. The highest BCUT2D eigenvalue weighted by molar-refractivity contribution is 6.31. The highest BCUT2D eigenvalue weighted by atomic mass is 35.5. The minimum Gasteiger partial charge on any atom is -0.431 e. The van der Waals surface area contributed by atoms with Gasteiger partial charge in [-0.3, -0.25) is 9.59 Å². The summed E-state index contributed by atoms with van der Waals surface area (Å²) in [6.45, 7) is 3.89. The summed E-state index contributed by atoms with van der Waals surface area (Å²) in [6.07, 6.45) is 0.778. The number of carbonyl (C=O) groups is 2. The summed E-state index contributed by atoms with van der Waals surface area (Å²) in [4.78, 5) is 24.5. The molecule has 0 spiro atoms. The van der Waals surface area contributed by atoms with E-state index in [4.69, 9.17) is 16.3 Å². The van der Waals surface area contributed by atoms with Crippen LogP contribution in [0, 0.1) is 11.2 Å². The molecule has 0 radical (unpaired) electrons. The molecule has 5 heteroatoms. The zero-order valence-corrected chi connectivity index (χ0v) is 13.2. The summed E-state index contributed by atoms with van der Waals surface area (Å²) in [5.41, 5.74) is 0.351. The first-order chi connectivity index (χ1) is 10.3. The molecule has 0 saturated carbocycles. The topological polar surface area (TPSA) is 43.4 Å². The van der Waals surface area contributed by atoms with Crippen LogP contribution in [0.3, 0.4) is 0 Å². The van der Waals surface area contributed by atoms with Crippen LogP contribution in [-0.4, -0.2) is 11.8 Å². The number of benzene rings is 1. The maximum atomic E-state index is 14.2. The second-order valence-electron chi connectivity index (χ2n) is 6.64. The van der Waals surface area contributed by atoms with E-state index < -0.39 is 17.7 Å². The molecule has 0 bridgehead atoms. The number of hydrogen-bond donors (Lipinski definition) is 0. The van der Waals surface area contributed by atoms with Gasteiger partial charge in [0.1, 0.15) is 11.6 Å². The van der Waals surface area contributed by atoms with Crippen LogP contribution in [0.1, 0.15) is 44.6 Å². The number of rotatable bonds is 1. The average Bonchev–Trinajstić information content (AvgIpc) is 2.35. The highest BCUT2D eigenvalue weighted by Gasteiger charge is 2.43. The number of ketones is 1. The number of carbonyl (C=O) groups excluding carboxylic acids is 2. The first-order valence-corrected chi connectivity index (χ1v) is 7.57. The summed E-state index contributed by atoms with van der Waals surface area (Å²) in [5.74, 6) is -1.33. The third kappa shape index (κ3) is 2.56. The first-order valence-electron chi connectivity index (χ1n) is 7.19. The Morgan fingerprint density at radius 1 is 1.27 bits per heavy atom. The molecule has 3 rings (SSSR count). The Kier molecular flexibility index (Phi) is 3.60. The molecule has 1 aromatic rings. The van der Waals surface area contributed by atoms with Gasteiger partial charge in [-0.05, 0) is 17.5 Å². The Morgan fingerprint density at radius 2 is 2.00 bits per heavy atom. The van der Waals surface area contributed by atoms with Crippen molar-refractivity contribution in [3.05, 3.63) is 45.9 Å². The van der Waals surface area contributed by atoms with E-state index in [1.165, 1.54) is 12.1 Å². The third-order valence-corrected chi connectivity index (χ3v) is 4.51. The van der Waals surface area contributed by atoms with Gasteiger partial charge in [0.2, 0.25) is 0 Å². The fourth-order valence-electron chi connectivity index (χ4n) is 3.30. The van der Waals surface area contributed by atoms with Crippen molar-refractivity contribution in [3.8, 4) is 0 Å². The van der Waals surface area contributed by atoms with Gasteiger partial charge < -0.3 is 4.74 Å². The second kappa shape index (κ2) is 5.20. The lowest BCUT2D eigenvalue weighted by Crippen LogP contribution is -2.34. The highest BCUT2D eigenvalue weighted by Crippen LogP contribution is 2.47. The number of halogens is 2. The van der Waals surface area contributed by atoms with Crippen molar-refractivity contribution in [3.63, 3.8) is 0 Å². The maximum Gasteiger partial charge on any atom is 0.311 e. The normalized spacial score (nSPS) is 24.1. The Hall–Kier alpha value is -1.68. The van der Waals surface area contributed by atoms with Crippen molar-refractivity contribution < 1.29 is 18.7 Å². The molecule has 1 aliphatic carbocycles. The quantitative estimate of drug-likeness (QED) is 0.729. The fourth-order valence-corrected chi connectivity index (χ4v) is 3.59. The van der Waals surface area contributed by atoms with Crippen molar-refractivity contribution in [2.24, 2.45) is 5.41 Å². The van der Waals surface area contributed by atoms with Gasteiger partial charge >= 0.3 is 5.97 Å². The molecule has 116 valence electrons. The number of hydrogen-bond acceptors (Lipinski definition) is 3. The van der Waals surface area contributed by atoms with E-state index in [2.05, 4.69) is 0 Å². The molecule has 2 aliphatic rings. The van der Waals surface area contributed by atoms with Crippen LogP contribution < -0.4 is 0 Å². The molecule has 0 saturated heterocycles. The van der Waals surface area contributed by atoms with Gasteiger partial charge in [0.15, 0.2) is 5.78 Å². The molecular formula is C17H16ClFO3. The molecule has 3 nitrogen and oxygen atoms in total. The van der Waals surface area contributed by atoms with Crippen LogP contribution in [0.25, 0.3) is 0 Å². The molecule has 1 aromatic carbocycles. The van der Waals surface area contributed by atoms with Crippen LogP contribution in [0.2, 0.25) is 5.02 Å². The smallest absolute Gasteiger partial charge is 0.311 e. The van der Waals surface area contributed by atoms with Crippen molar-refractivity contribution in [2.75, 3.05) is 0 Å². The predicted molar refractivity (Wildman–Crippen MR) is 79.9 cm³/mol. The SMILES string of the molecule is CC1(C)CC(=O)C2=C(C1)OC(=O)C[C@H]2c1c(F)cccc1Cl. The van der Waals surface area contributed by atoms with Crippen molar-refractivity contribution >= 4 is 23.4 Å². The average molecular weight is 323 g/mol.